The Kier molecular flexibility index (Phi) is 4.15. The zero-order chi connectivity index (χ0) is 11.5. The predicted molar refractivity (Wildman–Crippen MR) is 62.1 cm³/mol. The lowest BCUT2D eigenvalue weighted by atomic mass is 9.95. The quantitative estimate of drug-likeness (QED) is 0.762. The van der Waals surface area contributed by atoms with Gasteiger partial charge >= 0.3 is 0 Å². The maximum absolute atomic E-state index is 5.83. The highest BCUT2D eigenvalue weighted by Crippen LogP contribution is 2.18. The van der Waals surface area contributed by atoms with Crippen molar-refractivity contribution in [2.24, 2.45) is 5.41 Å². The lowest BCUT2D eigenvalue weighted by molar-refractivity contribution is -0.0758. The molecule has 1 aliphatic rings. The SMILES string of the molecule is CC1(C)CNCC(COC(C)(C)C)OC1. The van der Waals surface area contributed by atoms with Crippen molar-refractivity contribution in [1.82, 2.24) is 5.32 Å². The molecule has 0 aromatic rings. The van der Waals surface area contributed by atoms with Crippen LogP contribution in [0.2, 0.25) is 0 Å². The van der Waals surface area contributed by atoms with E-state index in [2.05, 4.69) is 39.9 Å². The number of nitrogens with one attached hydrogen (secondary N) is 1. The van der Waals surface area contributed by atoms with Gasteiger partial charge in [0.15, 0.2) is 0 Å². The smallest absolute Gasteiger partial charge is 0.0932 e. The normalized spacial score (nSPS) is 27.4. The number of rotatable bonds is 2. The fourth-order valence-corrected chi connectivity index (χ4v) is 1.47. The van der Waals surface area contributed by atoms with Crippen molar-refractivity contribution >= 4 is 0 Å². The fourth-order valence-electron chi connectivity index (χ4n) is 1.47. The lowest BCUT2D eigenvalue weighted by Gasteiger charge is -2.24. The summed E-state index contributed by atoms with van der Waals surface area (Å²) >= 11 is 0. The van der Waals surface area contributed by atoms with Gasteiger partial charge in [0.05, 0.1) is 24.9 Å². The maximum atomic E-state index is 5.83. The summed E-state index contributed by atoms with van der Waals surface area (Å²) in [4.78, 5) is 0. The van der Waals surface area contributed by atoms with Gasteiger partial charge in [-0.15, -0.1) is 0 Å². The second kappa shape index (κ2) is 4.81. The van der Waals surface area contributed by atoms with E-state index in [4.69, 9.17) is 9.47 Å². The molecule has 0 amide bonds. The van der Waals surface area contributed by atoms with Crippen LogP contribution in [0.3, 0.4) is 0 Å². The van der Waals surface area contributed by atoms with Crippen LogP contribution < -0.4 is 5.32 Å². The molecule has 3 heteroatoms. The highest BCUT2D eigenvalue weighted by molar-refractivity contribution is 4.77. The van der Waals surface area contributed by atoms with Gasteiger partial charge in [0.25, 0.3) is 0 Å². The van der Waals surface area contributed by atoms with Gasteiger partial charge in [-0.1, -0.05) is 13.8 Å². The zero-order valence-corrected chi connectivity index (χ0v) is 10.7. The summed E-state index contributed by atoms with van der Waals surface area (Å²) < 4.78 is 11.6. The van der Waals surface area contributed by atoms with Crippen LogP contribution in [0.1, 0.15) is 34.6 Å². The second-order valence-electron chi connectivity index (χ2n) is 6.15. The molecule has 15 heavy (non-hydrogen) atoms. The largest absolute Gasteiger partial charge is 0.374 e. The summed E-state index contributed by atoms with van der Waals surface area (Å²) in [6.07, 6.45) is 0.186. The van der Waals surface area contributed by atoms with Crippen LogP contribution in [0.15, 0.2) is 0 Å². The fraction of sp³-hybridized carbons (Fsp3) is 1.00. The monoisotopic (exact) mass is 215 g/mol. The summed E-state index contributed by atoms with van der Waals surface area (Å²) in [5.74, 6) is 0. The molecule has 90 valence electrons. The van der Waals surface area contributed by atoms with Crippen molar-refractivity contribution in [2.45, 2.75) is 46.3 Å². The molecule has 0 aromatic heterocycles. The van der Waals surface area contributed by atoms with E-state index in [0.29, 0.717) is 6.61 Å². The van der Waals surface area contributed by atoms with Gasteiger partial charge in [0, 0.05) is 18.5 Å². The third-order valence-corrected chi connectivity index (χ3v) is 2.39. The lowest BCUT2D eigenvalue weighted by Crippen LogP contribution is -2.34. The first-order valence-corrected chi connectivity index (χ1v) is 5.75. The maximum Gasteiger partial charge on any atom is 0.0932 e. The molecule has 1 aliphatic heterocycles. The van der Waals surface area contributed by atoms with Crippen molar-refractivity contribution in [3.63, 3.8) is 0 Å². The minimum absolute atomic E-state index is 0.0782. The Bertz CT molecular complexity index is 196. The molecule has 0 bridgehead atoms. The molecule has 0 saturated carbocycles. The zero-order valence-electron chi connectivity index (χ0n) is 10.7. The Morgan fingerprint density at radius 1 is 1.40 bits per heavy atom. The van der Waals surface area contributed by atoms with E-state index in [1.807, 2.05) is 0 Å². The molecule has 3 nitrogen and oxygen atoms in total. The minimum Gasteiger partial charge on any atom is -0.374 e. The molecular weight excluding hydrogens is 190 g/mol. The van der Waals surface area contributed by atoms with Gasteiger partial charge < -0.3 is 14.8 Å². The van der Waals surface area contributed by atoms with E-state index < -0.39 is 0 Å². The molecule has 1 heterocycles. The van der Waals surface area contributed by atoms with Gasteiger partial charge in [0.2, 0.25) is 0 Å². The van der Waals surface area contributed by atoms with Crippen LogP contribution in [0.5, 0.6) is 0 Å². The Morgan fingerprint density at radius 2 is 2.07 bits per heavy atom. The Hall–Kier alpha value is -0.120. The average molecular weight is 215 g/mol. The molecule has 1 unspecified atom stereocenters. The van der Waals surface area contributed by atoms with Gasteiger partial charge in [-0.05, 0) is 20.8 Å². The van der Waals surface area contributed by atoms with E-state index in [-0.39, 0.29) is 17.1 Å². The third kappa shape index (κ3) is 5.50. The predicted octanol–water partition coefficient (Wildman–Crippen LogP) is 1.82. The van der Waals surface area contributed by atoms with Crippen molar-refractivity contribution in [1.29, 1.82) is 0 Å². The molecule has 1 atom stereocenters. The van der Waals surface area contributed by atoms with Crippen LogP contribution in [0, 0.1) is 5.41 Å². The summed E-state index contributed by atoms with van der Waals surface area (Å²) in [6.45, 7) is 14.0. The Labute approximate surface area is 93.5 Å². The van der Waals surface area contributed by atoms with E-state index in [1.54, 1.807) is 0 Å². The molecule has 0 aliphatic carbocycles. The topological polar surface area (TPSA) is 30.5 Å². The summed E-state index contributed by atoms with van der Waals surface area (Å²) in [5, 5.41) is 3.42. The van der Waals surface area contributed by atoms with Crippen LogP contribution in [-0.2, 0) is 9.47 Å². The van der Waals surface area contributed by atoms with E-state index in [0.717, 1.165) is 19.7 Å². The molecule has 1 fully saturated rings. The highest BCUT2D eigenvalue weighted by atomic mass is 16.5. The van der Waals surface area contributed by atoms with Crippen LogP contribution in [0.25, 0.3) is 0 Å². The van der Waals surface area contributed by atoms with Crippen LogP contribution in [-0.4, -0.2) is 38.0 Å². The second-order valence-corrected chi connectivity index (χ2v) is 6.15. The Balaban J connectivity index is 2.32. The standard InChI is InChI=1S/C12H25NO2/c1-11(2,3)15-7-10-6-13-8-12(4,5)9-14-10/h10,13H,6-9H2,1-5H3. The molecule has 0 aromatic carbocycles. The third-order valence-electron chi connectivity index (χ3n) is 2.39. The van der Waals surface area contributed by atoms with E-state index in [9.17, 15) is 0 Å². The van der Waals surface area contributed by atoms with Gasteiger partial charge in [-0.25, -0.2) is 0 Å². The number of ether oxygens (including phenoxy) is 2. The van der Waals surface area contributed by atoms with E-state index >= 15 is 0 Å². The van der Waals surface area contributed by atoms with Crippen LogP contribution >= 0.6 is 0 Å². The van der Waals surface area contributed by atoms with Crippen molar-refractivity contribution in [3.8, 4) is 0 Å². The minimum atomic E-state index is -0.0782. The summed E-state index contributed by atoms with van der Waals surface area (Å²) in [7, 11) is 0. The van der Waals surface area contributed by atoms with E-state index in [1.165, 1.54) is 0 Å². The van der Waals surface area contributed by atoms with Crippen molar-refractivity contribution in [3.05, 3.63) is 0 Å². The summed E-state index contributed by atoms with van der Waals surface area (Å²) in [5.41, 5.74) is 0.154. The summed E-state index contributed by atoms with van der Waals surface area (Å²) in [6, 6.07) is 0. The molecule has 0 radical (unpaired) electrons. The molecule has 1 rings (SSSR count). The highest BCUT2D eigenvalue weighted by Gasteiger charge is 2.25. The number of hydrogen-bond acceptors (Lipinski definition) is 3. The average Bonchev–Trinajstić information content (AvgIpc) is 2.22. The van der Waals surface area contributed by atoms with Gasteiger partial charge in [0.1, 0.15) is 0 Å². The van der Waals surface area contributed by atoms with Gasteiger partial charge in [-0.2, -0.15) is 0 Å². The first-order chi connectivity index (χ1) is 6.79. The number of hydrogen-bond donors (Lipinski definition) is 1. The molecule has 1 N–H and O–H groups in total. The van der Waals surface area contributed by atoms with Gasteiger partial charge in [-0.3, -0.25) is 0 Å². The molecular formula is C12H25NO2. The first kappa shape index (κ1) is 12.9. The first-order valence-electron chi connectivity index (χ1n) is 5.75. The molecule has 1 saturated heterocycles. The Morgan fingerprint density at radius 3 is 2.67 bits per heavy atom. The van der Waals surface area contributed by atoms with Crippen molar-refractivity contribution < 1.29 is 9.47 Å². The van der Waals surface area contributed by atoms with Crippen molar-refractivity contribution in [2.75, 3.05) is 26.3 Å². The van der Waals surface area contributed by atoms with Crippen LogP contribution in [0.4, 0.5) is 0 Å². The molecule has 0 spiro atoms.